The number of carbonyl (C=O) groups is 2. The topological polar surface area (TPSA) is 245 Å². The van der Waals surface area contributed by atoms with Gasteiger partial charge in [0.25, 0.3) is 11.8 Å². The summed E-state index contributed by atoms with van der Waals surface area (Å²) >= 11 is 0. The molecule has 18 nitrogen and oxygen atoms in total. The molecule has 1 heterocycles. The molecular formula is C35H46N12O6. The van der Waals surface area contributed by atoms with Crippen LogP contribution < -0.4 is 32.3 Å². The molecule has 0 saturated carbocycles. The van der Waals surface area contributed by atoms with Gasteiger partial charge in [-0.05, 0) is 66.9 Å². The summed E-state index contributed by atoms with van der Waals surface area (Å²) in [7, 11) is 0. The number of aromatic nitrogens is 3. The normalized spacial score (nSPS) is 12.2. The van der Waals surface area contributed by atoms with E-state index in [2.05, 4.69) is 51.6 Å². The molecule has 282 valence electrons. The van der Waals surface area contributed by atoms with E-state index >= 15 is 0 Å². The zero-order chi connectivity index (χ0) is 37.4. The van der Waals surface area contributed by atoms with Crippen LogP contribution in [0.1, 0.15) is 33.6 Å². The van der Waals surface area contributed by atoms with Crippen LogP contribution in [0.15, 0.2) is 83.3 Å². The van der Waals surface area contributed by atoms with Crippen LogP contribution in [0.3, 0.4) is 0 Å². The second kappa shape index (κ2) is 23.6. The number of anilines is 4. The van der Waals surface area contributed by atoms with Crippen molar-refractivity contribution < 1.29 is 28.5 Å². The Labute approximate surface area is 307 Å². The summed E-state index contributed by atoms with van der Waals surface area (Å²) in [5, 5.41) is 18.6. The molecule has 0 spiro atoms. The van der Waals surface area contributed by atoms with E-state index in [-0.39, 0.29) is 18.4 Å². The lowest BCUT2D eigenvalue weighted by Crippen LogP contribution is -2.27. The van der Waals surface area contributed by atoms with Gasteiger partial charge in [-0.2, -0.15) is 15.0 Å². The monoisotopic (exact) mass is 730 g/mol. The Morgan fingerprint density at radius 2 is 1.25 bits per heavy atom. The van der Waals surface area contributed by atoms with E-state index in [4.69, 9.17) is 30.2 Å². The maximum atomic E-state index is 12.6. The van der Waals surface area contributed by atoms with Gasteiger partial charge in [0.15, 0.2) is 0 Å². The van der Waals surface area contributed by atoms with E-state index < -0.39 is 0 Å². The van der Waals surface area contributed by atoms with Crippen molar-refractivity contribution in [2.75, 3.05) is 95.0 Å². The Kier molecular flexibility index (Phi) is 17.8. The highest BCUT2D eigenvalue weighted by atomic mass is 16.5. The SMILES string of the molecule is [N-]=[N+]=NCCOCCOCCNC(=O)c1ccc(Nc2nc(NCCOCCOCCNC(=O)c3ccccc3)nc(NC3=CC=C(N)CC3)n2)cc1. The average molecular weight is 731 g/mol. The first-order valence-corrected chi connectivity index (χ1v) is 17.2. The molecule has 7 N–H and O–H groups in total. The third-order valence-electron chi connectivity index (χ3n) is 7.26. The van der Waals surface area contributed by atoms with Crippen LogP contribution in [-0.4, -0.2) is 106 Å². The van der Waals surface area contributed by atoms with Crippen molar-refractivity contribution in [1.29, 1.82) is 0 Å². The van der Waals surface area contributed by atoms with Crippen molar-refractivity contribution in [3.63, 3.8) is 0 Å². The van der Waals surface area contributed by atoms with Crippen LogP contribution in [0.25, 0.3) is 10.4 Å². The lowest BCUT2D eigenvalue weighted by Gasteiger charge is -2.15. The Morgan fingerprint density at radius 3 is 1.85 bits per heavy atom. The van der Waals surface area contributed by atoms with Crippen molar-refractivity contribution in [2.24, 2.45) is 10.8 Å². The molecule has 0 unspecified atom stereocenters. The van der Waals surface area contributed by atoms with E-state index in [0.29, 0.717) is 107 Å². The molecule has 2 aromatic carbocycles. The van der Waals surface area contributed by atoms with Gasteiger partial charge in [0.1, 0.15) is 0 Å². The minimum atomic E-state index is -0.236. The van der Waals surface area contributed by atoms with Gasteiger partial charge in [-0.1, -0.05) is 23.3 Å². The highest BCUT2D eigenvalue weighted by Crippen LogP contribution is 2.20. The molecular weight excluding hydrogens is 684 g/mol. The van der Waals surface area contributed by atoms with Crippen molar-refractivity contribution in [1.82, 2.24) is 25.6 Å². The van der Waals surface area contributed by atoms with E-state index in [1.54, 1.807) is 36.4 Å². The van der Waals surface area contributed by atoms with E-state index in [9.17, 15) is 9.59 Å². The molecule has 0 atom stereocenters. The van der Waals surface area contributed by atoms with E-state index in [0.717, 1.165) is 24.2 Å². The number of nitrogens with one attached hydrogen (secondary N) is 5. The number of hydrogen-bond donors (Lipinski definition) is 6. The standard InChI is InChI=1S/C35H46N12O6/c36-28-8-12-30(13-9-28)43-35-45-33(40-16-20-52-23-22-50-18-14-38-31(48)26-4-2-1-3-5-26)44-34(46-35)42-29-10-6-27(7-11-29)32(49)39-15-19-51-24-25-53-21-17-41-47-37/h1-8,10-12H,9,13-25,36H2,(H,38,48)(H,39,49)(H3,40,42,43,44,45,46). The van der Waals surface area contributed by atoms with Gasteiger partial charge in [0.05, 0.1) is 52.9 Å². The van der Waals surface area contributed by atoms with Gasteiger partial charge < -0.3 is 51.3 Å². The Balaban J connectivity index is 1.19. The van der Waals surface area contributed by atoms with Gasteiger partial charge in [0.2, 0.25) is 17.8 Å². The predicted octanol–water partition coefficient (Wildman–Crippen LogP) is 3.50. The summed E-state index contributed by atoms with van der Waals surface area (Å²) in [6.45, 7) is 4.37. The molecule has 0 bridgehead atoms. The zero-order valence-electron chi connectivity index (χ0n) is 29.5. The molecule has 1 aliphatic rings. The molecule has 0 radical (unpaired) electrons. The Bertz CT molecular complexity index is 1680. The summed E-state index contributed by atoms with van der Waals surface area (Å²) < 4.78 is 21.9. The number of amides is 2. The van der Waals surface area contributed by atoms with Crippen molar-refractivity contribution >= 4 is 35.3 Å². The Hall–Kier alpha value is -5.78. The van der Waals surface area contributed by atoms with Crippen molar-refractivity contribution in [3.05, 3.63) is 99.7 Å². The third kappa shape index (κ3) is 16.0. The number of nitrogens with two attached hydrogens (primary N) is 1. The number of allylic oxidation sites excluding steroid dienone is 4. The van der Waals surface area contributed by atoms with Gasteiger partial charge in [-0.3, -0.25) is 9.59 Å². The van der Waals surface area contributed by atoms with Crippen LogP contribution in [-0.2, 0) is 18.9 Å². The number of carbonyl (C=O) groups excluding carboxylic acids is 2. The maximum Gasteiger partial charge on any atom is 0.251 e. The van der Waals surface area contributed by atoms with Crippen LogP contribution in [0, 0.1) is 0 Å². The minimum absolute atomic E-state index is 0.138. The summed E-state index contributed by atoms with van der Waals surface area (Å²) in [6.07, 6.45) is 5.20. The second-order valence-corrected chi connectivity index (χ2v) is 11.3. The fourth-order valence-corrected chi connectivity index (χ4v) is 4.60. The highest BCUT2D eigenvalue weighted by molar-refractivity contribution is 5.94. The molecule has 53 heavy (non-hydrogen) atoms. The molecule has 0 aliphatic heterocycles. The number of hydrogen-bond acceptors (Lipinski definition) is 14. The smallest absolute Gasteiger partial charge is 0.251 e. The van der Waals surface area contributed by atoms with Crippen molar-refractivity contribution in [3.8, 4) is 0 Å². The molecule has 2 amide bonds. The first-order valence-electron chi connectivity index (χ1n) is 17.2. The first-order chi connectivity index (χ1) is 26.0. The first kappa shape index (κ1) is 40.0. The lowest BCUT2D eigenvalue weighted by molar-refractivity contribution is 0.0511. The van der Waals surface area contributed by atoms with E-state index in [1.165, 1.54) is 0 Å². The van der Waals surface area contributed by atoms with Gasteiger partial charge in [-0.25, -0.2) is 0 Å². The molecule has 0 saturated heterocycles. The van der Waals surface area contributed by atoms with Crippen molar-refractivity contribution in [2.45, 2.75) is 12.8 Å². The maximum absolute atomic E-state index is 12.6. The van der Waals surface area contributed by atoms with Gasteiger partial charge in [0, 0.05) is 59.3 Å². The second-order valence-electron chi connectivity index (χ2n) is 11.3. The number of ether oxygens (including phenoxy) is 4. The quantitative estimate of drug-likeness (QED) is 0.0317. The fourth-order valence-electron chi connectivity index (χ4n) is 4.60. The number of nitrogens with zero attached hydrogens (tertiary/aromatic N) is 6. The van der Waals surface area contributed by atoms with Crippen LogP contribution in [0.2, 0.25) is 0 Å². The minimum Gasteiger partial charge on any atom is -0.402 e. The molecule has 3 aromatic rings. The highest BCUT2D eigenvalue weighted by Gasteiger charge is 2.12. The molecule has 18 heteroatoms. The molecule has 4 rings (SSSR count). The number of benzene rings is 2. The van der Waals surface area contributed by atoms with Gasteiger partial charge in [-0.15, -0.1) is 0 Å². The number of azide groups is 1. The Morgan fingerprint density at radius 1 is 0.679 bits per heavy atom. The van der Waals surface area contributed by atoms with E-state index in [1.807, 2.05) is 30.4 Å². The van der Waals surface area contributed by atoms with Crippen LogP contribution in [0.5, 0.6) is 0 Å². The third-order valence-corrected chi connectivity index (χ3v) is 7.26. The summed E-state index contributed by atoms with van der Waals surface area (Å²) in [4.78, 5) is 40.9. The fraction of sp³-hybridized carbons (Fsp3) is 0.400. The average Bonchev–Trinajstić information content (AvgIpc) is 3.17. The summed E-state index contributed by atoms with van der Waals surface area (Å²) in [5.41, 5.74) is 17.6. The molecule has 0 fully saturated rings. The lowest BCUT2D eigenvalue weighted by atomic mass is 10.1. The molecule has 1 aliphatic carbocycles. The largest absolute Gasteiger partial charge is 0.402 e. The van der Waals surface area contributed by atoms with Crippen LogP contribution in [0.4, 0.5) is 23.5 Å². The predicted molar refractivity (Wildman–Crippen MR) is 200 cm³/mol. The number of rotatable bonds is 25. The molecule has 1 aromatic heterocycles. The zero-order valence-corrected chi connectivity index (χ0v) is 29.5. The van der Waals surface area contributed by atoms with Gasteiger partial charge >= 0.3 is 0 Å². The summed E-state index contributed by atoms with van der Waals surface area (Å²) in [5.74, 6) is 0.600. The summed E-state index contributed by atoms with van der Waals surface area (Å²) in [6, 6.07) is 15.9. The van der Waals surface area contributed by atoms with Crippen LogP contribution >= 0.6 is 0 Å².